The van der Waals surface area contributed by atoms with Crippen molar-refractivity contribution in [3.63, 3.8) is 0 Å². The van der Waals surface area contributed by atoms with Gasteiger partial charge in [-0.25, -0.2) is 4.79 Å². The van der Waals surface area contributed by atoms with Gasteiger partial charge in [0.1, 0.15) is 6.54 Å². The Hall–Kier alpha value is -2.94. The molecule has 1 aromatic heterocycles. The molecule has 38 heavy (non-hydrogen) atoms. The molecule has 0 aliphatic rings. The number of benzene rings is 2. The Kier molecular flexibility index (Phi) is 11.1. The van der Waals surface area contributed by atoms with Gasteiger partial charge < -0.3 is 24.6 Å². The zero-order valence-corrected chi connectivity index (χ0v) is 24.3. The van der Waals surface area contributed by atoms with E-state index >= 15 is 0 Å². The molecule has 1 atom stereocenters. The fourth-order valence-electron chi connectivity index (χ4n) is 3.85. The molecule has 0 radical (unpaired) electrons. The van der Waals surface area contributed by atoms with Crippen LogP contribution < -0.4 is 14.8 Å². The number of nitrogens with one attached hydrogen (secondary N) is 1. The number of amides is 3. The highest BCUT2D eigenvalue weighted by molar-refractivity contribution is 7.09. The van der Waals surface area contributed by atoms with Gasteiger partial charge in [0.25, 0.3) is 0 Å². The van der Waals surface area contributed by atoms with Crippen LogP contribution in [0, 0.1) is 0 Å². The zero-order valence-electron chi connectivity index (χ0n) is 22.0. The first-order valence-corrected chi connectivity index (χ1v) is 13.9. The molecule has 3 aromatic rings. The van der Waals surface area contributed by atoms with E-state index in [4.69, 9.17) is 32.7 Å². The monoisotopic (exact) mass is 577 g/mol. The number of rotatable bonds is 12. The third-order valence-corrected chi connectivity index (χ3v) is 7.67. The minimum Gasteiger partial charge on any atom is -0.493 e. The van der Waals surface area contributed by atoms with Gasteiger partial charge >= 0.3 is 6.03 Å². The standard InChI is InChI=1S/C28H33Cl2N3O4S/c1-5-19(2)33(28(35)31-24-10-9-21(29)16-23(24)30)18-27(34)32(17-22-7-6-14-38-22)13-12-20-8-11-25(36-3)26(15-20)37-4/h6-11,14-16,19H,5,12-13,17-18H2,1-4H3,(H,31,35). The van der Waals surface area contributed by atoms with Gasteiger partial charge in [0.2, 0.25) is 5.91 Å². The molecule has 0 aliphatic carbocycles. The second-order valence-corrected chi connectivity index (χ2v) is 10.6. The highest BCUT2D eigenvalue weighted by Crippen LogP contribution is 2.28. The predicted octanol–water partition coefficient (Wildman–Crippen LogP) is 6.98. The highest BCUT2D eigenvalue weighted by atomic mass is 35.5. The molecule has 3 amide bonds. The number of hydrogen-bond acceptors (Lipinski definition) is 5. The van der Waals surface area contributed by atoms with Crippen molar-refractivity contribution < 1.29 is 19.1 Å². The minimum absolute atomic E-state index is 0.0661. The summed E-state index contributed by atoms with van der Waals surface area (Å²) in [5, 5.41) is 5.62. The third-order valence-electron chi connectivity index (χ3n) is 6.26. The van der Waals surface area contributed by atoms with Crippen LogP contribution in [0.1, 0.15) is 30.7 Å². The summed E-state index contributed by atoms with van der Waals surface area (Å²) in [5.41, 5.74) is 1.45. The molecule has 0 saturated heterocycles. The van der Waals surface area contributed by atoms with Gasteiger partial charge in [-0.2, -0.15) is 0 Å². The Balaban J connectivity index is 1.77. The lowest BCUT2D eigenvalue weighted by Gasteiger charge is -2.31. The van der Waals surface area contributed by atoms with Crippen LogP contribution in [0.25, 0.3) is 0 Å². The SMILES string of the molecule is CCC(C)N(CC(=O)N(CCc1ccc(OC)c(OC)c1)Cc1cccs1)C(=O)Nc1ccc(Cl)cc1Cl. The maximum atomic E-state index is 13.6. The Bertz CT molecular complexity index is 1220. The Labute approximate surface area is 238 Å². The average Bonchev–Trinajstić information content (AvgIpc) is 3.43. The molecule has 0 aliphatic heterocycles. The Morgan fingerprint density at radius 1 is 1.05 bits per heavy atom. The van der Waals surface area contributed by atoms with E-state index in [-0.39, 0.29) is 18.5 Å². The normalized spacial score (nSPS) is 11.5. The first kappa shape index (κ1) is 29.6. The van der Waals surface area contributed by atoms with Crippen LogP contribution in [0.5, 0.6) is 11.5 Å². The number of anilines is 1. The van der Waals surface area contributed by atoms with Crippen LogP contribution in [0.15, 0.2) is 53.9 Å². The van der Waals surface area contributed by atoms with E-state index in [1.54, 1.807) is 53.6 Å². The van der Waals surface area contributed by atoms with Crippen molar-refractivity contribution >= 4 is 52.2 Å². The van der Waals surface area contributed by atoms with E-state index in [1.807, 2.05) is 49.6 Å². The number of urea groups is 1. The molecule has 204 valence electrons. The Morgan fingerprint density at radius 3 is 2.45 bits per heavy atom. The number of carbonyl (C=O) groups is 2. The van der Waals surface area contributed by atoms with E-state index in [0.29, 0.717) is 53.2 Å². The van der Waals surface area contributed by atoms with Crippen molar-refractivity contribution in [2.24, 2.45) is 0 Å². The van der Waals surface area contributed by atoms with Crippen molar-refractivity contribution in [3.8, 4) is 11.5 Å². The molecular formula is C28H33Cl2N3O4S. The largest absolute Gasteiger partial charge is 0.493 e. The predicted molar refractivity (Wildman–Crippen MR) is 155 cm³/mol. The van der Waals surface area contributed by atoms with Crippen LogP contribution in [0.3, 0.4) is 0 Å². The number of ether oxygens (including phenoxy) is 2. The molecule has 2 aromatic carbocycles. The van der Waals surface area contributed by atoms with Gasteiger partial charge in [-0.05, 0) is 67.1 Å². The summed E-state index contributed by atoms with van der Waals surface area (Å²) in [6.07, 6.45) is 1.30. The number of hydrogen-bond donors (Lipinski definition) is 1. The third kappa shape index (κ3) is 8.03. The molecule has 0 fully saturated rings. The van der Waals surface area contributed by atoms with Crippen molar-refractivity contribution in [3.05, 3.63) is 74.4 Å². The number of nitrogens with zero attached hydrogens (tertiary/aromatic N) is 2. The fourth-order valence-corrected chi connectivity index (χ4v) is 5.03. The quantitative estimate of drug-likeness (QED) is 0.252. The maximum Gasteiger partial charge on any atom is 0.322 e. The number of halogens is 2. The van der Waals surface area contributed by atoms with E-state index in [1.165, 1.54) is 0 Å². The molecular weight excluding hydrogens is 545 g/mol. The second kappa shape index (κ2) is 14.3. The summed E-state index contributed by atoms with van der Waals surface area (Å²) in [6.45, 7) is 4.77. The first-order chi connectivity index (χ1) is 18.2. The van der Waals surface area contributed by atoms with Gasteiger partial charge in [-0.1, -0.05) is 42.3 Å². The van der Waals surface area contributed by atoms with Crippen LogP contribution in [0.4, 0.5) is 10.5 Å². The number of carbonyl (C=O) groups excluding carboxylic acids is 2. The highest BCUT2D eigenvalue weighted by Gasteiger charge is 2.26. The van der Waals surface area contributed by atoms with E-state index < -0.39 is 6.03 Å². The van der Waals surface area contributed by atoms with Crippen LogP contribution >= 0.6 is 34.5 Å². The van der Waals surface area contributed by atoms with Gasteiger partial charge in [0.15, 0.2) is 11.5 Å². The van der Waals surface area contributed by atoms with E-state index in [9.17, 15) is 9.59 Å². The van der Waals surface area contributed by atoms with Gasteiger partial charge in [-0.3, -0.25) is 4.79 Å². The van der Waals surface area contributed by atoms with Crippen molar-refractivity contribution in [2.45, 2.75) is 39.3 Å². The molecule has 1 N–H and O–H groups in total. The molecule has 7 nitrogen and oxygen atoms in total. The second-order valence-electron chi connectivity index (χ2n) is 8.77. The topological polar surface area (TPSA) is 71.1 Å². The van der Waals surface area contributed by atoms with Crippen molar-refractivity contribution in [2.75, 3.05) is 32.6 Å². The summed E-state index contributed by atoms with van der Waals surface area (Å²) in [4.78, 5) is 31.3. The minimum atomic E-state index is -0.395. The maximum absolute atomic E-state index is 13.6. The van der Waals surface area contributed by atoms with Gasteiger partial charge in [0.05, 0.1) is 31.5 Å². The Morgan fingerprint density at radius 2 is 1.82 bits per heavy atom. The lowest BCUT2D eigenvalue weighted by atomic mass is 10.1. The van der Waals surface area contributed by atoms with Crippen molar-refractivity contribution in [1.29, 1.82) is 0 Å². The van der Waals surface area contributed by atoms with E-state index in [0.717, 1.165) is 10.4 Å². The molecule has 0 saturated carbocycles. The van der Waals surface area contributed by atoms with Crippen LogP contribution in [-0.2, 0) is 17.8 Å². The first-order valence-electron chi connectivity index (χ1n) is 12.3. The smallest absolute Gasteiger partial charge is 0.322 e. The summed E-state index contributed by atoms with van der Waals surface area (Å²) in [5.74, 6) is 1.15. The van der Waals surface area contributed by atoms with Gasteiger partial charge in [-0.15, -0.1) is 11.3 Å². The summed E-state index contributed by atoms with van der Waals surface area (Å²) >= 11 is 13.8. The molecule has 1 unspecified atom stereocenters. The van der Waals surface area contributed by atoms with Crippen molar-refractivity contribution in [1.82, 2.24) is 9.80 Å². The molecule has 10 heteroatoms. The zero-order chi connectivity index (χ0) is 27.7. The van der Waals surface area contributed by atoms with Crippen LogP contribution in [-0.4, -0.2) is 55.1 Å². The molecule has 0 bridgehead atoms. The van der Waals surface area contributed by atoms with E-state index in [2.05, 4.69) is 5.32 Å². The van der Waals surface area contributed by atoms with Gasteiger partial charge in [0, 0.05) is 22.5 Å². The van der Waals surface area contributed by atoms with Crippen LogP contribution in [0.2, 0.25) is 10.0 Å². The summed E-state index contributed by atoms with van der Waals surface area (Å²) < 4.78 is 10.8. The molecule has 3 rings (SSSR count). The fraction of sp³-hybridized carbons (Fsp3) is 0.357. The number of thiophene rings is 1. The average molecular weight is 579 g/mol. The summed E-state index contributed by atoms with van der Waals surface area (Å²) in [7, 11) is 3.19. The molecule has 0 spiro atoms. The lowest BCUT2D eigenvalue weighted by molar-refractivity contribution is -0.132. The lowest BCUT2D eigenvalue weighted by Crippen LogP contribution is -2.48. The number of methoxy groups -OCH3 is 2. The molecule has 1 heterocycles. The summed E-state index contributed by atoms with van der Waals surface area (Å²) in [6, 6.07) is 14.0.